The molecule has 0 spiro atoms. The number of nitrogens with zero attached hydrogens (tertiary/aromatic N) is 1. The van der Waals surface area contributed by atoms with E-state index in [1.807, 2.05) is 13.8 Å². The van der Waals surface area contributed by atoms with E-state index >= 15 is 0 Å². The van der Waals surface area contributed by atoms with Crippen molar-refractivity contribution in [3.8, 4) is 0 Å². The van der Waals surface area contributed by atoms with Crippen molar-refractivity contribution in [2.24, 2.45) is 0 Å². The van der Waals surface area contributed by atoms with Gasteiger partial charge in [0.15, 0.2) is 0 Å². The van der Waals surface area contributed by atoms with Gasteiger partial charge in [0.25, 0.3) is 0 Å². The molecule has 0 aromatic rings. The number of carbonyl (C=O) groups is 1. The zero-order chi connectivity index (χ0) is 11.5. The third-order valence-electron chi connectivity index (χ3n) is 2.89. The molecule has 0 aromatic carbocycles. The van der Waals surface area contributed by atoms with Crippen LogP contribution < -0.4 is 5.32 Å². The zero-order valence-corrected chi connectivity index (χ0v) is 10.2. The van der Waals surface area contributed by atoms with Crippen LogP contribution in [0.1, 0.15) is 26.7 Å². The van der Waals surface area contributed by atoms with Crippen LogP contribution in [0.2, 0.25) is 0 Å². The number of likely N-dealkylation sites (tertiary alicyclic amines) is 1. The molecule has 1 aliphatic rings. The van der Waals surface area contributed by atoms with Crippen LogP contribution in [0.15, 0.2) is 0 Å². The highest BCUT2D eigenvalue weighted by Crippen LogP contribution is 2.13. The molecule has 15 heavy (non-hydrogen) atoms. The van der Waals surface area contributed by atoms with Gasteiger partial charge in [-0.1, -0.05) is 0 Å². The van der Waals surface area contributed by atoms with E-state index in [9.17, 15) is 4.79 Å². The van der Waals surface area contributed by atoms with Crippen LogP contribution >= 0.6 is 0 Å². The fourth-order valence-corrected chi connectivity index (χ4v) is 2.11. The van der Waals surface area contributed by atoms with Gasteiger partial charge in [-0.3, -0.25) is 10.1 Å². The number of esters is 1. The van der Waals surface area contributed by atoms with E-state index in [0.29, 0.717) is 6.04 Å². The van der Waals surface area contributed by atoms with Crippen LogP contribution in [0, 0.1) is 0 Å². The summed E-state index contributed by atoms with van der Waals surface area (Å²) in [7, 11) is 3.54. The van der Waals surface area contributed by atoms with Gasteiger partial charge in [-0.15, -0.1) is 0 Å². The monoisotopic (exact) mass is 214 g/mol. The molecule has 1 rings (SSSR count). The SMILES string of the molecule is COC(=O)C(C)(C)NC1CCCN(C)C1. The number of carbonyl (C=O) groups excluding carboxylic acids is 1. The van der Waals surface area contributed by atoms with Gasteiger partial charge >= 0.3 is 5.97 Å². The van der Waals surface area contributed by atoms with Crippen LogP contribution in [-0.4, -0.2) is 49.7 Å². The molecule has 4 nitrogen and oxygen atoms in total. The third-order valence-corrected chi connectivity index (χ3v) is 2.89. The Morgan fingerprint density at radius 1 is 1.53 bits per heavy atom. The summed E-state index contributed by atoms with van der Waals surface area (Å²) in [4.78, 5) is 13.8. The molecule has 1 atom stereocenters. The Morgan fingerprint density at radius 3 is 2.73 bits per heavy atom. The van der Waals surface area contributed by atoms with E-state index in [-0.39, 0.29) is 5.97 Å². The molecular weight excluding hydrogens is 192 g/mol. The summed E-state index contributed by atoms with van der Waals surface area (Å²) in [6.07, 6.45) is 2.32. The number of methoxy groups -OCH3 is 1. The largest absolute Gasteiger partial charge is 0.468 e. The number of nitrogens with one attached hydrogen (secondary N) is 1. The summed E-state index contributed by atoms with van der Waals surface area (Å²) in [5.41, 5.74) is -0.586. The molecule has 1 saturated heterocycles. The van der Waals surface area contributed by atoms with Gasteiger partial charge in [0, 0.05) is 12.6 Å². The molecule has 88 valence electrons. The average molecular weight is 214 g/mol. The molecule has 4 heteroatoms. The molecule has 0 aromatic heterocycles. The van der Waals surface area contributed by atoms with E-state index in [4.69, 9.17) is 4.74 Å². The summed E-state index contributed by atoms with van der Waals surface area (Å²) >= 11 is 0. The first-order valence-electron chi connectivity index (χ1n) is 5.50. The lowest BCUT2D eigenvalue weighted by Gasteiger charge is -2.35. The van der Waals surface area contributed by atoms with Crippen LogP contribution in [0.3, 0.4) is 0 Å². The summed E-state index contributed by atoms with van der Waals surface area (Å²) in [5.74, 6) is -0.198. The Morgan fingerprint density at radius 2 is 2.20 bits per heavy atom. The molecule has 1 aliphatic heterocycles. The van der Waals surface area contributed by atoms with Crippen molar-refractivity contribution < 1.29 is 9.53 Å². The topological polar surface area (TPSA) is 41.6 Å². The fourth-order valence-electron chi connectivity index (χ4n) is 2.11. The van der Waals surface area contributed by atoms with Crippen molar-refractivity contribution in [2.45, 2.75) is 38.3 Å². The lowest BCUT2D eigenvalue weighted by Crippen LogP contribution is -2.56. The van der Waals surface area contributed by atoms with Crippen LogP contribution in [0.5, 0.6) is 0 Å². The van der Waals surface area contributed by atoms with Gasteiger partial charge in [-0.05, 0) is 40.3 Å². The molecule has 1 unspecified atom stereocenters. The first-order valence-corrected chi connectivity index (χ1v) is 5.50. The molecule has 0 bridgehead atoms. The number of piperidine rings is 1. The van der Waals surface area contributed by atoms with Crippen molar-refractivity contribution in [1.29, 1.82) is 0 Å². The van der Waals surface area contributed by atoms with Crippen molar-refractivity contribution >= 4 is 5.97 Å². The fraction of sp³-hybridized carbons (Fsp3) is 0.909. The highest BCUT2D eigenvalue weighted by molar-refractivity contribution is 5.79. The second kappa shape index (κ2) is 4.94. The van der Waals surface area contributed by atoms with Gasteiger partial charge in [-0.2, -0.15) is 0 Å². The van der Waals surface area contributed by atoms with Gasteiger partial charge in [0.2, 0.25) is 0 Å². The lowest BCUT2D eigenvalue weighted by molar-refractivity contribution is -0.147. The zero-order valence-electron chi connectivity index (χ0n) is 10.2. The van der Waals surface area contributed by atoms with E-state index in [2.05, 4.69) is 17.3 Å². The molecule has 1 heterocycles. The minimum Gasteiger partial charge on any atom is -0.468 e. The molecule has 0 saturated carbocycles. The molecule has 0 radical (unpaired) electrons. The number of hydrogen-bond acceptors (Lipinski definition) is 4. The van der Waals surface area contributed by atoms with Crippen molar-refractivity contribution in [3.05, 3.63) is 0 Å². The number of ether oxygens (including phenoxy) is 1. The minimum atomic E-state index is -0.586. The second-order valence-corrected chi connectivity index (χ2v) is 4.86. The minimum absolute atomic E-state index is 0.198. The predicted molar refractivity (Wildman–Crippen MR) is 59.7 cm³/mol. The Bertz CT molecular complexity index is 229. The second-order valence-electron chi connectivity index (χ2n) is 4.86. The Balaban J connectivity index is 2.49. The molecule has 0 amide bonds. The first kappa shape index (κ1) is 12.5. The summed E-state index contributed by atoms with van der Waals surface area (Å²) in [6, 6.07) is 0.387. The van der Waals surface area contributed by atoms with Crippen LogP contribution in [-0.2, 0) is 9.53 Å². The first-order chi connectivity index (χ1) is 6.95. The van der Waals surface area contributed by atoms with E-state index < -0.39 is 5.54 Å². The summed E-state index contributed by atoms with van der Waals surface area (Å²) in [5, 5.41) is 3.36. The normalized spacial score (nSPS) is 23.9. The molecule has 1 N–H and O–H groups in total. The highest BCUT2D eigenvalue weighted by atomic mass is 16.5. The number of rotatable bonds is 3. The number of hydrogen-bond donors (Lipinski definition) is 1. The summed E-state index contributed by atoms with van der Waals surface area (Å²) < 4.78 is 4.77. The standard InChI is InChI=1S/C11H22N2O2/c1-11(2,10(14)15-4)12-9-6-5-7-13(3)8-9/h9,12H,5-8H2,1-4H3. The van der Waals surface area contributed by atoms with Crippen LogP contribution in [0.25, 0.3) is 0 Å². The van der Waals surface area contributed by atoms with E-state index in [0.717, 1.165) is 19.5 Å². The van der Waals surface area contributed by atoms with Crippen molar-refractivity contribution in [1.82, 2.24) is 10.2 Å². The van der Waals surface area contributed by atoms with Crippen molar-refractivity contribution in [3.63, 3.8) is 0 Å². The smallest absolute Gasteiger partial charge is 0.325 e. The average Bonchev–Trinajstić information content (AvgIpc) is 2.15. The predicted octanol–water partition coefficient (Wildman–Crippen LogP) is 0.622. The molecule has 1 fully saturated rings. The van der Waals surface area contributed by atoms with Crippen molar-refractivity contribution in [2.75, 3.05) is 27.2 Å². The Labute approximate surface area is 92.0 Å². The van der Waals surface area contributed by atoms with Crippen LogP contribution in [0.4, 0.5) is 0 Å². The summed E-state index contributed by atoms with van der Waals surface area (Å²) in [6.45, 7) is 5.89. The van der Waals surface area contributed by atoms with Gasteiger partial charge in [0.1, 0.15) is 5.54 Å². The quantitative estimate of drug-likeness (QED) is 0.699. The maximum atomic E-state index is 11.5. The maximum Gasteiger partial charge on any atom is 0.325 e. The highest BCUT2D eigenvalue weighted by Gasteiger charge is 2.32. The van der Waals surface area contributed by atoms with Gasteiger partial charge in [-0.25, -0.2) is 0 Å². The third kappa shape index (κ3) is 3.47. The molecular formula is C11H22N2O2. The van der Waals surface area contributed by atoms with Gasteiger partial charge in [0.05, 0.1) is 7.11 Å². The lowest BCUT2D eigenvalue weighted by atomic mass is 10.00. The van der Waals surface area contributed by atoms with E-state index in [1.54, 1.807) is 0 Å². The van der Waals surface area contributed by atoms with Gasteiger partial charge < -0.3 is 9.64 Å². The molecule has 0 aliphatic carbocycles. The number of likely N-dealkylation sites (N-methyl/N-ethyl adjacent to an activating group) is 1. The maximum absolute atomic E-state index is 11.5. The Hall–Kier alpha value is -0.610. The van der Waals surface area contributed by atoms with E-state index in [1.165, 1.54) is 13.5 Å². The Kier molecular flexibility index (Phi) is 4.11.